The van der Waals surface area contributed by atoms with Crippen LogP contribution >= 0.6 is 0 Å². The molecule has 0 aromatic heterocycles. The Hall–Kier alpha value is -1.55. The minimum absolute atomic E-state index is 0.0209. The first-order valence-electron chi connectivity index (χ1n) is 10.2. The second-order valence-corrected chi connectivity index (χ2v) is 7.46. The van der Waals surface area contributed by atoms with Gasteiger partial charge in [0.25, 0.3) is 0 Å². The first-order chi connectivity index (χ1) is 12.5. The van der Waals surface area contributed by atoms with E-state index in [1.807, 2.05) is 6.92 Å². The number of Topliss-reactive ketones (excluding diaryl/α,β-unsaturated/α-hetero) is 1. The molecule has 4 nitrogen and oxygen atoms in total. The van der Waals surface area contributed by atoms with Crippen LogP contribution in [0.3, 0.4) is 0 Å². The number of phenols is 2. The lowest BCUT2D eigenvalue weighted by Crippen LogP contribution is -2.28. The zero-order valence-corrected chi connectivity index (χ0v) is 16.4. The van der Waals surface area contributed by atoms with Crippen LogP contribution in [-0.4, -0.2) is 27.2 Å². The molecule has 2 unspecified atom stereocenters. The van der Waals surface area contributed by atoms with Gasteiger partial charge >= 0.3 is 0 Å². The van der Waals surface area contributed by atoms with Crippen molar-refractivity contribution in [1.82, 2.24) is 0 Å². The average molecular weight is 365 g/mol. The number of aliphatic hydroxyl groups excluding tert-OH is 1. The van der Waals surface area contributed by atoms with E-state index in [0.29, 0.717) is 0 Å². The largest absolute Gasteiger partial charge is 0.508 e. The molecule has 0 aliphatic rings. The molecular weight excluding hydrogens is 328 g/mol. The number of unbranched alkanes of at least 4 members (excludes halogenated alkanes) is 9. The first kappa shape index (κ1) is 22.5. The molecule has 1 aromatic rings. The van der Waals surface area contributed by atoms with Gasteiger partial charge in [-0.1, -0.05) is 78.1 Å². The third-order valence-electron chi connectivity index (χ3n) is 5.07. The molecule has 0 heterocycles. The van der Waals surface area contributed by atoms with Gasteiger partial charge in [0.15, 0.2) is 5.78 Å². The van der Waals surface area contributed by atoms with Crippen LogP contribution in [0.15, 0.2) is 18.2 Å². The van der Waals surface area contributed by atoms with E-state index >= 15 is 0 Å². The lowest BCUT2D eigenvalue weighted by Gasteiger charge is -2.18. The molecule has 4 heteroatoms. The average Bonchev–Trinajstić information content (AvgIpc) is 2.63. The van der Waals surface area contributed by atoms with E-state index in [2.05, 4.69) is 6.92 Å². The Kier molecular flexibility index (Phi) is 11.0. The van der Waals surface area contributed by atoms with Crippen molar-refractivity contribution in [3.63, 3.8) is 0 Å². The van der Waals surface area contributed by atoms with Gasteiger partial charge in [-0.25, -0.2) is 0 Å². The molecule has 0 fully saturated rings. The predicted molar refractivity (Wildman–Crippen MR) is 106 cm³/mol. The fourth-order valence-corrected chi connectivity index (χ4v) is 3.25. The molecule has 0 radical (unpaired) electrons. The van der Waals surface area contributed by atoms with Crippen molar-refractivity contribution in [3.8, 4) is 11.5 Å². The Labute approximate surface area is 158 Å². The maximum Gasteiger partial charge on any atom is 0.195 e. The number of aromatic hydroxyl groups is 2. The van der Waals surface area contributed by atoms with Crippen molar-refractivity contribution in [2.45, 2.75) is 90.6 Å². The highest BCUT2D eigenvalue weighted by Gasteiger charge is 2.25. The van der Waals surface area contributed by atoms with E-state index in [1.54, 1.807) is 0 Å². The molecule has 1 rings (SSSR count). The molecular formula is C22H36O4. The molecule has 148 valence electrons. The standard InChI is InChI=1S/C22H36O4/c1-3-4-5-6-7-8-9-10-11-12-13-17(2)21(25)22(26)19-16-18(23)14-15-20(19)24/h14-17,21,23-25H,3-13H2,1-2H3. The molecule has 1 aromatic carbocycles. The number of hydrogen-bond donors (Lipinski definition) is 3. The highest BCUT2D eigenvalue weighted by atomic mass is 16.3. The van der Waals surface area contributed by atoms with Gasteiger partial charge in [-0.15, -0.1) is 0 Å². The van der Waals surface area contributed by atoms with Gasteiger partial charge in [-0.05, 0) is 30.5 Å². The van der Waals surface area contributed by atoms with Gasteiger partial charge in [0, 0.05) is 0 Å². The molecule has 26 heavy (non-hydrogen) atoms. The summed E-state index contributed by atoms with van der Waals surface area (Å²) in [6, 6.07) is 3.78. The zero-order chi connectivity index (χ0) is 19.4. The molecule has 0 spiro atoms. The number of aliphatic hydroxyl groups is 1. The lowest BCUT2D eigenvalue weighted by atomic mass is 9.91. The van der Waals surface area contributed by atoms with Crippen molar-refractivity contribution in [2.75, 3.05) is 0 Å². The fourth-order valence-electron chi connectivity index (χ4n) is 3.25. The molecule has 0 saturated carbocycles. The van der Waals surface area contributed by atoms with Gasteiger partial charge in [0.05, 0.1) is 5.56 Å². The highest BCUT2D eigenvalue weighted by Crippen LogP contribution is 2.26. The highest BCUT2D eigenvalue weighted by molar-refractivity contribution is 6.02. The SMILES string of the molecule is CCCCCCCCCCCCC(C)C(O)C(=O)c1cc(O)ccc1O. The summed E-state index contributed by atoms with van der Waals surface area (Å²) in [6.07, 6.45) is 12.2. The number of carbonyl (C=O) groups is 1. The van der Waals surface area contributed by atoms with E-state index in [-0.39, 0.29) is 23.0 Å². The Morgan fingerprint density at radius 2 is 1.46 bits per heavy atom. The van der Waals surface area contributed by atoms with Crippen LogP contribution in [0.25, 0.3) is 0 Å². The van der Waals surface area contributed by atoms with E-state index in [1.165, 1.54) is 69.6 Å². The maximum absolute atomic E-state index is 12.3. The van der Waals surface area contributed by atoms with E-state index in [4.69, 9.17) is 0 Å². The Morgan fingerprint density at radius 3 is 2.04 bits per heavy atom. The van der Waals surface area contributed by atoms with E-state index in [9.17, 15) is 20.1 Å². The third kappa shape index (κ3) is 8.22. The molecule has 0 aliphatic heterocycles. The number of ketones is 1. The summed E-state index contributed by atoms with van der Waals surface area (Å²) >= 11 is 0. The van der Waals surface area contributed by atoms with Crippen LogP contribution < -0.4 is 0 Å². The number of hydrogen-bond acceptors (Lipinski definition) is 4. The van der Waals surface area contributed by atoms with Crippen molar-refractivity contribution >= 4 is 5.78 Å². The predicted octanol–water partition coefficient (Wildman–Crippen LogP) is 5.59. The lowest BCUT2D eigenvalue weighted by molar-refractivity contribution is 0.0607. The molecule has 2 atom stereocenters. The van der Waals surface area contributed by atoms with Crippen LogP contribution in [0, 0.1) is 5.92 Å². The number of rotatable bonds is 14. The van der Waals surface area contributed by atoms with Crippen molar-refractivity contribution < 1.29 is 20.1 Å². The topological polar surface area (TPSA) is 77.8 Å². The van der Waals surface area contributed by atoms with Crippen molar-refractivity contribution in [1.29, 1.82) is 0 Å². The summed E-state index contributed by atoms with van der Waals surface area (Å²) < 4.78 is 0. The van der Waals surface area contributed by atoms with Gasteiger partial charge in [0.1, 0.15) is 17.6 Å². The molecule has 3 N–H and O–H groups in total. The smallest absolute Gasteiger partial charge is 0.195 e. The van der Waals surface area contributed by atoms with Crippen molar-refractivity contribution in [3.05, 3.63) is 23.8 Å². The molecule has 0 aliphatic carbocycles. The van der Waals surface area contributed by atoms with Gasteiger partial charge in [-0.3, -0.25) is 4.79 Å². The number of carbonyl (C=O) groups excluding carboxylic acids is 1. The van der Waals surface area contributed by atoms with Gasteiger partial charge in [0.2, 0.25) is 0 Å². The Balaban J connectivity index is 2.21. The summed E-state index contributed by atoms with van der Waals surface area (Å²) in [7, 11) is 0. The number of phenolic OH excluding ortho intramolecular Hbond substituents is 2. The Morgan fingerprint density at radius 1 is 0.923 bits per heavy atom. The monoisotopic (exact) mass is 364 g/mol. The van der Waals surface area contributed by atoms with E-state index in [0.717, 1.165) is 19.3 Å². The van der Waals surface area contributed by atoms with Gasteiger partial charge < -0.3 is 15.3 Å². The van der Waals surface area contributed by atoms with Gasteiger partial charge in [-0.2, -0.15) is 0 Å². The van der Waals surface area contributed by atoms with Crippen LogP contribution in [0.1, 0.15) is 94.8 Å². The normalized spacial score (nSPS) is 13.5. The fraction of sp³-hybridized carbons (Fsp3) is 0.682. The Bertz CT molecular complexity index is 527. The molecule has 0 bridgehead atoms. The second kappa shape index (κ2) is 12.7. The summed E-state index contributed by atoms with van der Waals surface area (Å²) in [5.41, 5.74) is -0.0209. The zero-order valence-electron chi connectivity index (χ0n) is 16.4. The minimum atomic E-state index is -1.15. The summed E-state index contributed by atoms with van der Waals surface area (Å²) in [5.74, 6) is -1.00. The summed E-state index contributed by atoms with van der Waals surface area (Å²) in [4.78, 5) is 12.3. The quantitative estimate of drug-likeness (QED) is 0.228. The number of benzene rings is 1. The first-order valence-corrected chi connectivity index (χ1v) is 10.2. The van der Waals surface area contributed by atoms with E-state index < -0.39 is 11.9 Å². The maximum atomic E-state index is 12.3. The minimum Gasteiger partial charge on any atom is -0.508 e. The summed E-state index contributed by atoms with van der Waals surface area (Å²) in [6.45, 7) is 4.09. The second-order valence-electron chi connectivity index (χ2n) is 7.46. The van der Waals surface area contributed by atoms with Crippen molar-refractivity contribution in [2.24, 2.45) is 5.92 Å². The van der Waals surface area contributed by atoms with Crippen LogP contribution in [0.2, 0.25) is 0 Å². The molecule has 0 saturated heterocycles. The molecule has 0 amide bonds. The van der Waals surface area contributed by atoms with Crippen LogP contribution in [-0.2, 0) is 0 Å². The van der Waals surface area contributed by atoms with Crippen LogP contribution in [0.5, 0.6) is 11.5 Å². The summed E-state index contributed by atoms with van der Waals surface area (Å²) in [5, 5.41) is 29.5. The van der Waals surface area contributed by atoms with Crippen LogP contribution in [0.4, 0.5) is 0 Å². The third-order valence-corrected chi connectivity index (χ3v) is 5.07.